The number of hydrogen-bond donors (Lipinski definition) is 1. The van der Waals surface area contributed by atoms with Crippen LogP contribution in [0.1, 0.15) is 32.1 Å². The summed E-state index contributed by atoms with van der Waals surface area (Å²) in [6.45, 7) is 0. The summed E-state index contributed by atoms with van der Waals surface area (Å²) < 4.78 is 0. The molecule has 4 atom stereocenters. The number of carbonyl (C=O) groups excluding carboxylic acids is 4. The maximum absolute atomic E-state index is 12.5. The zero-order valence-corrected chi connectivity index (χ0v) is 11.0. The smallest absolute Gasteiger partial charge is 0.234 e. The average Bonchev–Trinajstić information content (AvgIpc) is 2.72. The van der Waals surface area contributed by atoms with Gasteiger partial charge in [0.15, 0.2) is 0 Å². The van der Waals surface area contributed by atoms with Crippen molar-refractivity contribution in [1.29, 1.82) is 0 Å². The van der Waals surface area contributed by atoms with Crippen molar-refractivity contribution in [1.82, 2.24) is 10.2 Å². The Morgan fingerprint density at radius 2 is 1.25 bits per heavy atom. The van der Waals surface area contributed by atoms with Gasteiger partial charge in [0.25, 0.3) is 0 Å². The fraction of sp³-hybridized carbons (Fsp3) is 0.714. The van der Waals surface area contributed by atoms with Gasteiger partial charge < -0.3 is 0 Å². The molecule has 20 heavy (non-hydrogen) atoms. The first-order valence-electron chi connectivity index (χ1n) is 7.33. The van der Waals surface area contributed by atoms with E-state index in [-0.39, 0.29) is 29.7 Å². The molecule has 2 saturated heterocycles. The minimum Gasteiger partial charge on any atom is -0.296 e. The Labute approximate surface area is 115 Å². The number of imide groups is 2. The van der Waals surface area contributed by atoms with E-state index in [0.29, 0.717) is 0 Å². The lowest BCUT2D eigenvalue weighted by atomic mass is 9.59. The molecule has 2 saturated carbocycles. The van der Waals surface area contributed by atoms with Gasteiger partial charge >= 0.3 is 0 Å². The second-order valence-electron chi connectivity index (χ2n) is 6.29. The summed E-state index contributed by atoms with van der Waals surface area (Å²) in [6, 6.07) is -0.0201. The van der Waals surface area contributed by atoms with Crippen molar-refractivity contribution in [3.8, 4) is 0 Å². The third-order valence-corrected chi connectivity index (χ3v) is 5.38. The van der Waals surface area contributed by atoms with Crippen LogP contribution in [0.5, 0.6) is 0 Å². The summed E-state index contributed by atoms with van der Waals surface area (Å²) in [5.74, 6) is -3.58. The van der Waals surface area contributed by atoms with Gasteiger partial charge in [-0.2, -0.15) is 0 Å². The zero-order chi connectivity index (χ0) is 14.0. The molecule has 2 heterocycles. The number of nitrogens with one attached hydrogen (secondary N) is 1. The Kier molecular flexibility index (Phi) is 2.35. The van der Waals surface area contributed by atoms with Crippen LogP contribution in [0.15, 0.2) is 0 Å². The maximum Gasteiger partial charge on any atom is 0.234 e. The van der Waals surface area contributed by atoms with Gasteiger partial charge in [-0.3, -0.25) is 29.4 Å². The minimum atomic E-state index is -0.599. The Bertz CT molecular complexity index is 499. The third-order valence-electron chi connectivity index (χ3n) is 5.38. The van der Waals surface area contributed by atoms with Crippen LogP contribution in [0.3, 0.4) is 0 Å². The summed E-state index contributed by atoms with van der Waals surface area (Å²) in [7, 11) is 0. The molecule has 4 unspecified atom stereocenters. The van der Waals surface area contributed by atoms with Crippen LogP contribution in [-0.4, -0.2) is 34.6 Å². The van der Waals surface area contributed by atoms with Crippen molar-refractivity contribution in [2.45, 2.75) is 38.1 Å². The van der Waals surface area contributed by atoms with Crippen LogP contribution in [0.4, 0.5) is 0 Å². The molecule has 1 N–H and O–H groups in total. The lowest BCUT2D eigenvalue weighted by Gasteiger charge is -2.36. The minimum absolute atomic E-state index is 0.0201. The van der Waals surface area contributed by atoms with E-state index in [1.165, 1.54) is 4.90 Å². The Morgan fingerprint density at radius 3 is 1.75 bits per heavy atom. The molecule has 0 spiro atoms. The molecule has 0 radical (unpaired) electrons. The summed E-state index contributed by atoms with van der Waals surface area (Å²) in [5, 5.41) is 2.24. The van der Waals surface area contributed by atoms with Crippen molar-refractivity contribution in [3.05, 3.63) is 0 Å². The predicted octanol–water partition coefficient (Wildman–Crippen LogP) is -0.177. The number of hydrogen-bond acceptors (Lipinski definition) is 4. The molecular weight excluding hydrogens is 260 g/mol. The number of amides is 4. The molecule has 4 amide bonds. The van der Waals surface area contributed by atoms with Gasteiger partial charge in [0.1, 0.15) is 0 Å². The van der Waals surface area contributed by atoms with E-state index < -0.39 is 23.7 Å². The molecule has 106 valence electrons. The number of fused-ring (bicyclic) bond motifs is 4. The van der Waals surface area contributed by atoms with Crippen LogP contribution in [-0.2, 0) is 19.2 Å². The third kappa shape index (κ3) is 1.29. The van der Waals surface area contributed by atoms with E-state index >= 15 is 0 Å². The second-order valence-corrected chi connectivity index (χ2v) is 6.29. The first kappa shape index (κ1) is 12.1. The molecule has 6 nitrogen and oxygen atoms in total. The average molecular weight is 276 g/mol. The van der Waals surface area contributed by atoms with Crippen molar-refractivity contribution in [3.63, 3.8) is 0 Å². The zero-order valence-electron chi connectivity index (χ0n) is 11.0. The largest absolute Gasteiger partial charge is 0.296 e. The van der Waals surface area contributed by atoms with E-state index in [4.69, 9.17) is 0 Å². The van der Waals surface area contributed by atoms with Crippen molar-refractivity contribution >= 4 is 23.6 Å². The monoisotopic (exact) mass is 276 g/mol. The normalized spacial score (nSPS) is 40.5. The van der Waals surface area contributed by atoms with E-state index in [0.717, 1.165) is 32.1 Å². The van der Waals surface area contributed by atoms with Gasteiger partial charge in [0, 0.05) is 6.04 Å². The second kappa shape index (κ2) is 3.90. The highest BCUT2D eigenvalue weighted by Gasteiger charge is 2.72. The van der Waals surface area contributed by atoms with Crippen molar-refractivity contribution < 1.29 is 19.2 Å². The molecule has 4 fully saturated rings. The molecule has 2 aliphatic carbocycles. The quantitative estimate of drug-likeness (QED) is 0.674. The van der Waals surface area contributed by atoms with Gasteiger partial charge in [-0.25, -0.2) is 0 Å². The molecular formula is C14H16N2O4. The standard InChI is InChI=1S/C14H16N2O4/c17-11-7-8(12(18)15-11)10-9(7)13(19)16(14(10)20)6-4-2-1-3-5-6/h6-10H,1-5H2,(H,15,17,18). The van der Waals surface area contributed by atoms with Crippen LogP contribution < -0.4 is 5.32 Å². The molecule has 0 aromatic rings. The fourth-order valence-corrected chi connectivity index (χ4v) is 4.43. The fourth-order valence-electron chi connectivity index (χ4n) is 4.43. The van der Waals surface area contributed by atoms with E-state index in [1.54, 1.807) is 0 Å². The highest BCUT2D eigenvalue weighted by molar-refractivity contribution is 6.17. The molecule has 2 aliphatic heterocycles. The van der Waals surface area contributed by atoms with Crippen LogP contribution in [0, 0.1) is 23.7 Å². The van der Waals surface area contributed by atoms with Gasteiger partial charge in [0.05, 0.1) is 23.7 Å². The summed E-state index contributed by atoms with van der Waals surface area (Å²) in [5.41, 5.74) is 0. The van der Waals surface area contributed by atoms with Gasteiger partial charge in [-0.15, -0.1) is 0 Å². The number of carbonyl (C=O) groups is 4. The maximum atomic E-state index is 12.5. The summed E-state index contributed by atoms with van der Waals surface area (Å²) >= 11 is 0. The Morgan fingerprint density at radius 1 is 0.750 bits per heavy atom. The predicted molar refractivity (Wildman–Crippen MR) is 65.8 cm³/mol. The topological polar surface area (TPSA) is 83.6 Å². The number of rotatable bonds is 1. The molecule has 0 bridgehead atoms. The van der Waals surface area contributed by atoms with Crippen LogP contribution in [0.25, 0.3) is 0 Å². The van der Waals surface area contributed by atoms with Crippen LogP contribution in [0.2, 0.25) is 0 Å². The number of nitrogens with zero attached hydrogens (tertiary/aromatic N) is 1. The highest BCUT2D eigenvalue weighted by atomic mass is 16.2. The van der Waals surface area contributed by atoms with Gasteiger partial charge in [-0.05, 0) is 12.8 Å². The van der Waals surface area contributed by atoms with E-state index in [2.05, 4.69) is 5.32 Å². The molecule has 6 heteroatoms. The summed E-state index contributed by atoms with van der Waals surface area (Å²) in [4.78, 5) is 49.8. The summed E-state index contributed by atoms with van der Waals surface area (Å²) in [6.07, 6.45) is 4.91. The molecule has 4 rings (SSSR count). The molecule has 0 aromatic heterocycles. The SMILES string of the molecule is O=C1NC(=O)C2C1C1C(=O)N(C3CCCCC3)C(=O)C21. The lowest BCUT2D eigenvalue weighted by molar-refractivity contribution is -0.146. The van der Waals surface area contributed by atoms with Crippen molar-refractivity contribution in [2.24, 2.45) is 23.7 Å². The van der Waals surface area contributed by atoms with E-state index in [1.807, 2.05) is 0 Å². The Hall–Kier alpha value is -1.72. The lowest BCUT2D eigenvalue weighted by Crippen LogP contribution is -2.50. The first-order chi connectivity index (χ1) is 9.61. The number of likely N-dealkylation sites (tertiary alicyclic amines) is 1. The Balaban J connectivity index is 1.64. The first-order valence-corrected chi connectivity index (χ1v) is 7.33. The molecule has 0 aromatic carbocycles. The molecule has 4 aliphatic rings. The van der Waals surface area contributed by atoms with E-state index in [9.17, 15) is 19.2 Å². The van der Waals surface area contributed by atoms with Gasteiger partial charge in [-0.1, -0.05) is 19.3 Å². The van der Waals surface area contributed by atoms with Crippen molar-refractivity contribution in [2.75, 3.05) is 0 Å². The van der Waals surface area contributed by atoms with Crippen LogP contribution >= 0.6 is 0 Å². The highest BCUT2D eigenvalue weighted by Crippen LogP contribution is 2.55. The van der Waals surface area contributed by atoms with Gasteiger partial charge in [0.2, 0.25) is 23.6 Å².